The van der Waals surface area contributed by atoms with Crippen molar-refractivity contribution in [3.63, 3.8) is 0 Å². The van der Waals surface area contributed by atoms with E-state index in [-0.39, 0.29) is 0 Å². The normalized spacial score (nSPS) is 19.5. The number of ether oxygens (including phenoxy) is 1. The number of methoxy groups -OCH3 is 1. The molecule has 0 bridgehead atoms. The third kappa shape index (κ3) is 5.17. The molecule has 1 saturated carbocycles. The van der Waals surface area contributed by atoms with E-state index in [2.05, 4.69) is 32.4 Å². The van der Waals surface area contributed by atoms with E-state index < -0.39 is 0 Å². The van der Waals surface area contributed by atoms with Crippen molar-refractivity contribution in [2.45, 2.75) is 57.9 Å². The Morgan fingerprint density at radius 1 is 1.16 bits per heavy atom. The monoisotopic (exact) mass is 363 g/mol. The second kappa shape index (κ2) is 8.65. The van der Waals surface area contributed by atoms with E-state index in [0.29, 0.717) is 23.0 Å². The van der Waals surface area contributed by atoms with Gasteiger partial charge < -0.3 is 20.3 Å². The van der Waals surface area contributed by atoms with Gasteiger partial charge in [-0.1, -0.05) is 26.2 Å². The highest BCUT2D eigenvalue weighted by molar-refractivity contribution is 7.80. The van der Waals surface area contributed by atoms with Gasteiger partial charge in [-0.15, -0.1) is 0 Å². The molecule has 1 saturated heterocycles. The van der Waals surface area contributed by atoms with Gasteiger partial charge in [0.15, 0.2) is 5.11 Å². The van der Waals surface area contributed by atoms with Gasteiger partial charge in [-0.25, -0.2) is 0 Å². The van der Waals surface area contributed by atoms with Crippen molar-refractivity contribution in [2.75, 3.05) is 30.4 Å². The lowest BCUT2D eigenvalue weighted by atomic mass is 9.96. The molecule has 1 aromatic heterocycles. The van der Waals surface area contributed by atoms with Crippen LogP contribution in [0.3, 0.4) is 0 Å². The number of nitrogens with zero attached hydrogens (tertiary/aromatic N) is 3. The maximum Gasteiger partial charge on any atom is 0.234 e. The quantitative estimate of drug-likeness (QED) is 0.796. The highest BCUT2D eigenvalue weighted by Crippen LogP contribution is 2.25. The minimum absolute atomic E-state index is 0.461. The van der Waals surface area contributed by atoms with E-state index in [1.165, 1.54) is 44.9 Å². The zero-order chi connectivity index (χ0) is 17.6. The molecule has 2 aliphatic rings. The van der Waals surface area contributed by atoms with Gasteiger partial charge in [0.2, 0.25) is 11.8 Å². The van der Waals surface area contributed by atoms with Crippen molar-refractivity contribution in [3.8, 4) is 5.88 Å². The Balaban J connectivity index is 1.65. The topological polar surface area (TPSA) is 62.3 Å². The van der Waals surface area contributed by atoms with Crippen LogP contribution in [0, 0.1) is 5.92 Å². The van der Waals surface area contributed by atoms with Crippen LogP contribution >= 0.6 is 12.2 Å². The van der Waals surface area contributed by atoms with Gasteiger partial charge in [0, 0.05) is 25.2 Å². The fraction of sp³-hybridized carbons (Fsp3) is 0.722. The molecule has 0 spiro atoms. The van der Waals surface area contributed by atoms with Crippen LogP contribution < -0.4 is 20.3 Å². The molecule has 0 atom stereocenters. The first-order valence-electron chi connectivity index (χ1n) is 9.39. The molecule has 7 heteroatoms. The van der Waals surface area contributed by atoms with Crippen molar-refractivity contribution < 1.29 is 4.74 Å². The van der Waals surface area contributed by atoms with Crippen molar-refractivity contribution in [1.82, 2.24) is 15.3 Å². The van der Waals surface area contributed by atoms with Crippen molar-refractivity contribution in [2.24, 2.45) is 5.92 Å². The highest BCUT2D eigenvalue weighted by atomic mass is 32.1. The van der Waals surface area contributed by atoms with Crippen LogP contribution in [0.4, 0.5) is 11.8 Å². The van der Waals surface area contributed by atoms with Crippen LogP contribution in [0.2, 0.25) is 0 Å². The smallest absolute Gasteiger partial charge is 0.234 e. The molecule has 2 N–H and O–H groups in total. The first-order chi connectivity index (χ1) is 12.1. The highest BCUT2D eigenvalue weighted by Gasteiger charge is 2.19. The van der Waals surface area contributed by atoms with Crippen molar-refractivity contribution in [1.29, 1.82) is 0 Å². The Labute approximate surface area is 155 Å². The summed E-state index contributed by atoms with van der Waals surface area (Å²) in [5.41, 5.74) is 0. The van der Waals surface area contributed by atoms with Gasteiger partial charge >= 0.3 is 0 Å². The van der Waals surface area contributed by atoms with Crippen molar-refractivity contribution >= 4 is 29.1 Å². The van der Waals surface area contributed by atoms with E-state index in [1.807, 2.05) is 6.07 Å². The SMILES string of the molecule is COc1cc(N2CCC(C)CC2)nc(NC(=S)NC2CCCCC2)n1. The number of rotatable bonds is 4. The lowest BCUT2D eigenvalue weighted by molar-refractivity contribution is 0.396. The van der Waals surface area contributed by atoms with E-state index in [0.717, 1.165) is 24.8 Å². The van der Waals surface area contributed by atoms with Gasteiger partial charge in [-0.05, 0) is 43.8 Å². The van der Waals surface area contributed by atoms with Gasteiger partial charge in [0.1, 0.15) is 5.82 Å². The molecule has 138 valence electrons. The Hall–Kier alpha value is -1.63. The standard InChI is InChI=1S/C18H29N5OS/c1-13-8-10-23(11-9-13)15-12-16(24-2)21-17(20-15)22-18(25)19-14-6-4-3-5-7-14/h12-14H,3-11H2,1-2H3,(H2,19,20,21,22,25). The van der Waals surface area contributed by atoms with E-state index in [9.17, 15) is 0 Å². The summed E-state index contributed by atoms with van der Waals surface area (Å²) in [5, 5.41) is 7.13. The summed E-state index contributed by atoms with van der Waals surface area (Å²) >= 11 is 5.45. The molecule has 6 nitrogen and oxygen atoms in total. The third-order valence-electron chi connectivity index (χ3n) is 5.17. The number of hydrogen-bond acceptors (Lipinski definition) is 5. The maximum absolute atomic E-state index is 5.45. The van der Waals surface area contributed by atoms with Crippen molar-refractivity contribution in [3.05, 3.63) is 6.07 Å². The second-order valence-corrected chi connectivity index (χ2v) is 7.60. The molecule has 0 radical (unpaired) electrons. The lowest BCUT2D eigenvalue weighted by Crippen LogP contribution is -2.39. The van der Waals surface area contributed by atoms with Gasteiger partial charge in [0.25, 0.3) is 0 Å². The Kier molecular flexibility index (Phi) is 6.29. The summed E-state index contributed by atoms with van der Waals surface area (Å²) in [7, 11) is 1.63. The maximum atomic E-state index is 5.45. The molecule has 3 rings (SSSR count). The fourth-order valence-corrected chi connectivity index (χ4v) is 3.80. The molecule has 1 aliphatic carbocycles. The first kappa shape index (κ1) is 18.2. The number of hydrogen-bond donors (Lipinski definition) is 2. The molecule has 2 heterocycles. The van der Waals surface area contributed by atoms with Gasteiger partial charge in [-0.3, -0.25) is 0 Å². The minimum atomic E-state index is 0.461. The largest absolute Gasteiger partial charge is 0.481 e. The third-order valence-corrected chi connectivity index (χ3v) is 5.39. The Morgan fingerprint density at radius 3 is 2.56 bits per heavy atom. The minimum Gasteiger partial charge on any atom is -0.481 e. The summed E-state index contributed by atoms with van der Waals surface area (Å²) in [4.78, 5) is 11.4. The molecule has 0 amide bonds. The number of aromatic nitrogens is 2. The summed E-state index contributed by atoms with van der Waals surface area (Å²) < 4.78 is 5.36. The Morgan fingerprint density at radius 2 is 1.88 bits per heavy atom. The number of nitrogens with one attached hydrogen (secondary N) is 2. The van der Waals surface area contributed by atoms with Gasteiger partial charge in [0.05, 0.1) is 7.11 Å². The van der Waals surface area contributed by atoms with Crippen LogP contribution in [0.5, 0.6) is 5.88 Å². The molecule has 1 aromatic rings. The zero-order valence-corrected chi connectivity index (χ0v) is 16.1. The summed E-state index contributed by atoms with van der Waals surface area (Å²) in [6, 6.07) is 2.36. The summed E-state index contributed by atoms with van der Waals surface area (Å²) in [6.07, 6.45) is 8.61. The molecule has 2 fully saturated rings. The first-order valence-corrected chi connectivity index (χ1v) is 9.80. The van der Waals surface area contributed by atoms with Gasteiger partial charge in [-0.2, -0.15) is 9.97 Å². The van der Waals surface area contributed by atoms with Crippen LogP contribution in [0.1, 0.15) is 51.9 Å². The van der Waals surface area contributed by atoms with Crippen LogP contribution in [0.15, 0.2) is 6.07 Å². The Bertz CT molecular complexity index is 583. The molecule has 1 aliphatic heterocycles. The summed E-state index contributed by atoms with van der Waals surface area (Å²) in [6.45, 7) is 4.34. The lowest BCUT2D eigenvalue weighted by Gasteiger charge is -2.31. The number of piperidine rings is 1. The van der Waals surface area contributed by atoms with E-state index in [1.54, 1.807) is 7.11 Å². The zero-order valence-electron chi connectivity index (χ0n) is 15.3. The summed E-state index contributed by atoms with van der Waals surface area (Å²) in [5.74, 6) is 2.75. The number of thiocarbonyl (C=S) groups is 1. The molecule has 25 heavy (non-hydrogen) atoms. The molecular weight excluding hydrogens is 334 g/mol. The predicted molar refractivity (Wildman–Crippen MR) is 105 cm³/mol. The van der Waals surface area contributed by atoms with Crippen LogP contribution in [0.25, 0.3) is 0 Å². The molecule has 0 aromatic carbocycles. The second-order valence-electron chi connectivity index (χ2n) is 7.20. The fourth-order valence-electron chi connectivity index (χ4n) is 3.54. The van der Waals surface area contributed by atoms with E-state index >= 15 is 0 Å². The number of anilines is 2. The predicted octanol–water partition coefficient (Wildman–Crippen LogP) is 3.34. The van der Waals surface area contributed by atoms with E-state index in [4.69, 9.17) is 17.0 Å². The average molecular weight is 364 g/mol. The molecular formula is C18H29N5OS. The van der Waals surface area contributed by atoms with Crippen LogP contribution in [-0.2, 0) is 0 Å². The molecule has 0 unspecified atom stereocenters. The van der Waals surface area contributed by atoms with Crippen LogP contribution in [-0.4, -0.2) is 41.3 Å². The average Bonchev–Trinajstić information content (AvgIpc) is 2.62.